The first-order chi connectivity index (χ1) is 6.49. The minimum absolute atomic E-state index is 0.458. The standard InChI is InChI=1S/C8H14F2N2O2/c1-3-4-11-7(13)5(2)12-8(14)6(9)10/h5-6H,3-4H2,1-2H3,(H,11,13)(H,12,14). The van der Waals surface area contributed by atoms with Crippen LogP contribution in [0.1, 0.15) is 20.3 Å². The van der Waals surface area contributed by atoms with Gasteiger partial charge in [-0.15, -0.1) is 0 Å². The number of rotatable bonds is 5. The molecule has 4 nitrogen and oxygen atoms in total. The molecule has 0 aliphatic carbocycles. The third-order valence-electron chi connectivity index (χ3n) is 1.50. The molecule has 0 spiro atoms. The lowest BCUT2D eigenvalue weighted by Gasteiger charge is -2.12. The van der Waals surface area contributed by atoms with Crippen molar-refractivity contribution in [2.24, 2.45) is 0 Å². The molecule has 0 fully saturated rings. The van der Waals surface area contributed by atoms with Crippen molar-refractivity contribution in [2.75, 3.05) is 6.54 Å². The molecule has 82 valence electrons. The molecule has 0 aromatic rings. The van der Waals surface area contributed by atoms with Crippen molar-refractivity contribution in [1.29, 1.82) is 0 Å². The number of halogens is 2. The van der Waals surface area contributed by atoms with E-state index in [0.717, 1.165) is 6.42 Å². The summed E-state index contributed by atoms with van der Waals surface area (Å²) < 4.78 is 23.5. The molecule has 0 bridgehead atoms. The average Bonchev–Trinajstić information content (AvgIpc) is 2.13. The summed E-state index contributed by atoms with van der Waals surface area (Å²) in [6.07, 6.45) is -2.34. The molecule has 6 heteroatoms. The lowest BCUT2D eigenvalue weighted by Crippen LogP contribution is -2.46. The Labute approximate surface area is 81.0 Å². The average molecular weight is 208 g/mol. The van der Waals surface area contributed by atoms with Gasteiger partial charge in [0, 0.05) is 6.54 Å². The van der Waals surface area contributed by atoms with Crippen molar-refractivity contribution in [3.63, 3.8) is 0 Å². The predicted molar refractivity (Wildman–Crippen MR) is 46.9 cm³/mol. The Morgan fingerprint density at radius 2 is 1.86 bits per heavy atom. The van der Waals surface area contributed by atoms with E-state index in [1.807, 2.05) is 12.2 Å². The Hall–Kier alpha value is -1.20. The van der Waals surface area contributed by atoms with Crippen molar-refractivity contribution < 1.29 is 18.4 Å². The first-order valence-corrected chi connectivity index (χ1v) is 4.35. The SMILES string of the molecule is CCCNC(=O)C(C)NC(=O)C(F)F. The highest BCUT2D eigenvalue weighted by Crippen LogP contribution is 1.93. The van der Waals surface area contributed by atoms with Crippen LogP contribution < -0.4 is 10.6 Å². The zero-order valence-electron chi connectivity index (χ0n) is 8.14. The summed E-state index contributed by atoms with van der Waals surface area (Å²) in [5, 5.41) is 4.36. The summed E-state index contributed by atoms with van der Waals surface area (Å²) in [5.41, 5.74) is 0. The van der Waals surface area contributed by atoms with Gasteiger partial charge in [0.15, 0.2) is 0 Å². The summed E-state index contributed by atoms with van der Waals surface area (Å²) in [7, 11) is 0. The van der Waals surface area contributed by atoms with Gasteiger partial charge in [-0.1, -0.05) is 6.92 Å². The first kappa shape index (κ1) is 12.8. The molecule has 14 heavy (non-hydrogen) atoms. The van der Waals surface area contributed by atoms with Gasteiger partial charge in [-0.25, -0.2) is 0 Å². The highest BCUT2D eigenvalue weighted by Gasteiger charge is 2.20. The van der Waals surface area contributed by atoms with Gasteiger partial charge in [0.05, 0.1) is 0 Å². The van der Waals surface area contributed by atoms with Crippen LogP contribution in [0, 0.1) is 0 Å². The second-order valence-electron chi connectivity index (χ2n) is 2.82. The van der Waals surface area contributed by atoms with E-state index < -0.39 is 24.3 Å². The molecule has 2 N–H and O–H groups in total. The van der Waals surface area contributed by atoms with E-state index in [1.165, 1.54) is 6.92 Å². The molecule has 1 atom stereocenters. The molecule has 1 unspecified atom stereocenters. The Kier molecular flexibility index (Phi) is 5.74. The van der Waals surface area contributed by atoms with Gasteiger partial charge >= 0.3 is 6.43 Å². The minimum Gasteiger partial charge on any atom is -0.354 e. The van der Waals surface area contributed by atoms with Gasteiger partial charge in [0.25, 0.3) is 5.91 Å². The zero-order chi connectivity index (χ0) is 11.1. The van der Waals surface area contributed by atoms with Crippen molar-refractivity contribution >= 4 is 11.8 Å². The van der Waals surface area contributed by atoms with E-state index in [-0.39, 0.29) is 0 Å². The first-order valence-electron chi connectivity index (χ1n) is 4.35. The Bertz CT molecular complexity index is 210. The summed E-state index contributed by atoms with van der Waals surface area (Å²) >= 11 is 0. The van der Waals surface area contributed by atoms with Gasteiger partial charge in [-0.3, -0.25) is 9.59 Å². The topological polar surface area (TPSA) is 58.2 Å². The third-order valence-corrected chi connectivity index (χ3v) is 1.50. The lowest BCUT2D eigenvalue weighted by molar-refractivity contribution is -0.135. The van der Waals surface area contributed by atoms with Gasteiger partial charge in [-0.05, 0) is 13.3 Å². The highest BCUT2D eigenvalue weighted by atomic mass is 19.3. The lowest BCUT2D eigenvalue weighted by atomic mass is 10.3. The summed E-state index contributed by atoms with van der Waals surface area (Å²) in [6.45, 7) is 3.68. The Morgan fingerprint density at radius 3 is 2.29 bits per heavy atom. The van der Waals surface area contributed by atoms with Gasteiger partial charge < -0.3 is 10.6 Å². The van der Waals surface area contributed by atoms with Gasteiger partial charge in [0.1, 0.15) is 6.04 Å². The molecular weight excluding hydrogens is 194 g/mol. The quantitative estimate of drug-likeness (QED) is 0.682. The molecular formula is C8H14F2N2O2. The maximum Gasteiger partial charge on any atom is 0.315 e. The molecule has 0 saturated heterocycles. The van der Waals surface area contributed by atoms with E-state index in [0.29, 0.717) is 6.54 Å². The van der Waals surface area contributed by atoms with Crippen LogP contribution in [0.2, 0.25) is 0 Å². The molecule has 0 aliphatic rings. The summed E-state index contributed by atoms with van der Waals surface area (Å²) in [5.74, 6) is -1.88. The Balaban J connectivity index is 3.89. The number of alkyl halides is 2. The normalized spacial score (nSPS) is 12.4. The molecule has 0 radical (unpaired) electrons. The van der Waals surface area contributed by atoms with Crippen molar-refractivity contribution in [2.45, 2.75) is 32.7 Å². The van der Waals surface area contributed by atoms with Crippen LogP contribution in [0.25, 0.3) is 0 Å². The van der Waals surface area contributed by atoms with E-state index >= 15 is 0 Å². The fourth-order valence-corrected chi connectivity index (χ4v) is 0.743. The molecule has 2 amide bonds. The molecule has 0 aromatic heterocycles. The van der Waals surface area contributed by atoms with Gasteiger partial charge in [0.2, 0.25) is 5.91 Å². The third kappa shape index (κ3) is 4.74. The summed E-state index contributed by atoms with van der Waals surface area (Å²) in [6, 6.07) is -0.928. The van der Waals surface area contributed by atoms with E-state index in [4.69, 9.17) is 0 Å². The summed E-state index contributed by atoms with van der Waals surface area (Å²) in [4.78, 5) is 21.6. The van der Waals surface area contributed by atoms with Gasteiger partial charge in [-0.2, -0.15) is 8.78 Å². The maximum atomic E-state index is 11.8. The monoisotopic (exact) mass is 208 g/mol. The van der Waals surface area contributed by atoms with Crippen LogP contribution in [0.15, 0.2) is 0 Å². The molecule has 0 saturated carbocycles. The number of nitrogens with one attached hydrogen (secondary N) is 2. The predicted octanol–water partition coefficient (Wildman–Crippen LogP) is 0.282. The fourth-order valence-electron chi connectivity index (χ4n) is 0.743. The highest BCUT2D eigenvalue weighted by molar-refractivity contribution is 5.88. The molecule has 0 aromatic carbocycles. The van der Waals surface area contributed by atoms with Crippen LogP contribution in [-0.2, 0) is 9.59 Å². The van der Waals surface area contributed by atoms with Crippen LogP contribution in [-0.4, -0.2) is 30.8 Å². The van der Waals surface area contributed by atoms with Crippen molar-refractivity contribution in [1.82, 2.24) is 10.6 Å². The maximum absolute atomic E-state index is 11.8. The number of carbonyl (C=O) groups is 2. The molecule has 0 rings (SSSR count). The van der Waals surface area contributed by atoms with Crippen LogP contribution in [0.5, 0.6) is 0 Å². The van der Waals surface area contributed by atoms with Crippen LogP contribution in [0.4, 0.5) is 8.78 Å². The minimum atomic E-state index is -3.09. The smallest absolute Gasteiger partial charge is 0.315 e. The second kappa shape index (κ2) is 6.28. The van der Waals surface area contributed by atoms with Crippen molar-refractivity contribution in [3.8, 4) is 0 Å². The largest absolute Gasteiger partial charge is 0.354 e. The molecule has 0 heterocycles. The Morgan fingerprint density at radius 1 is 1.29 bits per heavy atom. The number of amides is 2. The molecule has 0 aliphatic heterocycles. The van der Waals surface area contributed by atoms with E-state index in [9.17, 15) is 18.4 Å². The van der Waals surface area contributed by atoms with E-state index in [1.54, 1.807) is 0 Å². The van der Waals surface area contributed by atoms with Crippen LogP contribution >= 0.6 is 0 Å². The second-order valence-corrected chi connectivity index (χ2v) is 2.82. The van der Waals surface area contributed by atoms with E-state index in [2.05, 4.69) is 5.32 Å². The zero-order valence-corrected chi connectivity index (χ0v) is 8.14. The fraction of sp³-hybridized carbons (Fsp3) is 0.750. The number of hydrogen-bond acceptors (Lipinski definition) is 2. The number of carbonyl (C=O) groups excluding carboxylic acids is 2. The number of hydrogen-bond donors (Lipinski definition) is 2. The van der Waals surface area contributed by atoms with Crippen LogP contribution in [0.3, 0.4) is 0 Å². The van der Waals surface area contributed by atoms with Crippen molar-refractivity contribution in [3.05, 3.63) is 0 Å².